The van der Waals surface area contributed by atoms with Gasteiger partial charge in [0.2, 0.25) is 0 Å². The summed E-state index contributed by atoms with van der Waals surface area (Å²) in [4.78, 5) is 6.82. The van der Waals surface area contributed by atoms with Crippen LogP contribution in [-0.4, -0.2) is 44.1 Å². The first kappa shape index (κ1) is 17.1. The molecular formula is C17H27ClN4. The minimum absolute atomic E-state index is 0.608. The second kappa shape index (κ2) is 9.01. The number of nitrogens with zero attached hydrogens (tertiary/aromatic N) is 2. The molecule has 1 heterocycles. The molecule has 1 saturated heterocycles. The van der Waals surface area contributed by atoms with Gasteiger partial charge in [-0.2, -0.15) is 0 Å². The zero-order valence-corrected chi connectivity index (χ0v) is 14.4. The van der Waals surface area contributed by atoms with Crippen LogP contribution in [0.15, 0.2) is 29.3 Å². The maximum absolute atomic E-state index is 6.17. The van der Waals surface area contributed by atoms with Crippen LogP contribution in [0.25, 0.3) is 0 Å². The first-order valence-corrected chi connectivity index (χ1v) is 8.47. The Morgan fingerprint density at radius 2 is 2.00 bits per heavy atom. The molecule has 1 aromatic rings. The largest absolute Gasteiger partial charge is 0.356 e. The fourth-order valence-corrected chi connectivity index (χ4v) is 2.99. The highest BCUT2D eigenvalue weighted by molar-refractivity contribution is 6.31. The summed E-state index contributed by atoms with van der Waals surface area (Å²) in [5.41, 5.74) is 1.08. The van der Waals surface area contributed by atoms with Crippen LogP contribution in [0.2, 0.25) is 5.02 Å². The number of benzene rings is 1. The number of nitrogens with one attached hydrogen (secondary N) is 2. The smallest absolute Gasteiger partial charge is 0.191 e. The first-order chi connectivity index (χ1) is 10.7. The molecule has 2 rings (SSSR count). The lowest BCUT2D eigenvalue weighted by molar-refractivity contribution is 0.287. The van der Waals surface area contributed by atoms with Crippen LogP contribution >= 0.6 is 11.6 Å². The van der Waals surface area contributed by atoms with Crippen molar-refractivity contribution in [1.82, 2.24) is 15.5 Å². The van der Waals surface area contributed by atoms with Crippen LogP contribution in [0, 0.1) is 5.92 Å². The zero-order chi connectivity index (χ0) is 15.8. The molecule has 0 amide bonds. The van der Waals surface area contributed by atoms with E-state index in [-0.39, 0.29) is 0 Å². The van der Waals surface area contributed by atoms with Gasteiger partial charge < -0.3 is 15.5 Å². The zero-order valence-electron chi connectivity index (χ0n) is 13.6. The number of rotatable bonds is 6. The van der Waals surface area contributed by atoms with Crippen LogP contribution < -0.4 is 10.6 Å². The van der Waals surface area contributed by atoms with Gasteiger partial charge in [-0.15, -0.1) is 0 Å². The molecule has 0 aliphatic carbocycles. The summed E-state index contributed by atoms with van der Waals surface area (Å²) < 4.78 is 0. The monoisotopic (exact) mass is 322 g/mol. The highest BCUT2D eigenvalue weighted by Crippen LogP contribution is 2.14. The molecule has 0 bridgehead atoms. The van der Waals surface area contributed by atoms with Crippen molar-refractivity contribution < 1.29 is 0 Å². The van der Waals surface area contributed by atoms with Crippen molar-refractivity contribution in [2.75, 3.05) is 33.2 Å². The molecule has 0 spiro atoms. The Labute approximate surface area is 138 Å². The third kappa shape index (κ3) is 5.50. The minimum Gasteiger partial charge on any atom is -0.356 e. The van der Waals surface area contributed by atoms with Crippen LogP contribution in [0.3, 0.4) is 0 Å². The second-order valence-electron chi connectivity index (χ2n) is 6.01. The van der Waals surface area contributed by atoms with Gasteiger partial charge >= 0.3 is 0 Å². The molecule has 1 aliphatic heterocycles. The Bertz CT molecular complexity index is 483. The molecule has 1 fully saturated rings. The van der Waals surface area contributed by atoms with Gasteiger partial charge in [0.25, 0.3) is 0 Å². The molecule has 0 aromatic heterocycles. The Hall–Kier alpha value is -1.26. The number of halogens is 1. The van der Waals surface area contributed by atoms with Gasteiger partial charge in [0.1, 0.15) is 0 Å². The van der Waals surface area contributed by atoms with E-state index in [4.69, 9.17) is 11.6 Å². The minimum atomic E-state index is 0.608. The molecule has 1 unspecified atom stereocenters. The Morgan fingerprint density at radius 1 is 1.27 bits per heavy atom. The van der Waals surface area contributed by atoms with Crippen molar-refractivity contribution in [2.45, 2.75) is 26.3 Å². The molecule has 4 nitrogen and oxygen atoms in total. The number of hydrogen-bond donors (Lipinski definition) is 2. The number of aliphatic imine (C=N–C) groups is 1. The van der Waals surface area contributed by atoms with Gasteiger partial charge in [-0.3, -0.25) is 4.99 Å². The van der Waals surface area contributed by atoms with E-state index in [0.29, 0.717) is 12.5 Å². The van der Waals surface area contributed by atoms with E-state index < -0.39 is 0 Å². The molecule has 1 aromatic carbocycles. The maximum atomic E-state index is 6.17. The summed E-state index contributed by atoms with van der Waals surface area (Å²) in [6.07, 6.45) is 2.70. The number of likely N-dealkylation sites (tertiary alicyclic amines) is 1. The fraction of sp³-hybridized carbons (Fsp3) is 0.588. The number of hydrogen-bond acceptors (Lipinski definition) is 2. The summed E-state index contributed by atoms with van der Waals surface area (Å²) in [6.45, 7) is 7.56. The topological polar surface area (TPSA) is 39.7 Å². The molecule has 2 N–H and O–H groups in total. The lowest BCUT2D eigenvalue weighted by Gasteiger charge is -2.21. The van der Waals surface area contributed by atoms with Crippen LogP contribution in [-0.2, 0) is 6.54 Å². The molecule has 1 atom stereocenters. The van der Waals surface area contributed by atoms with Gasteiger partial charge in [0, 0.05) is 31.7 Å². The Kier molecular flexibility index (Phi) is 7.00. The van der Waals surface area contributed by atoms with Crippen molar-refractivity contribution in [1.29, 1.82) is 0 Å². The summed E-state index contributed by atoms with van der Waals surface area (Å²) in [6, 6.07) is 7.88. The van der Waals surface area contributed by atoms with Gasteiger partial charge in [0.05, 0.1) is 0 Å². The summed E-state index contributed by atoms with van der Waals surface area (Å²) in [5.74, 6) is 1.44. The molecule has 0 radical (unpaired) electrons. The second-order valence-corrected chi connectivity index (χ2v) is 6.42. The van der Waals surface area contributed by atoms with Crippen molar-refractivity contribution in [2.24, 2.45) is 10.9 Å². The molecule has 22 heavy (non-hydrogen) atoms. The van der Waals surface area contributed by atoms with E-state index in [2.05, 4.69) is 27.4 Å². The average molecular weight is 323 g/mol. The molecule has 0 saturated carbocycles. The Balaban J connectivity index is 1.71. The Morgan fingerprint density at radius 3 is 2.68 bits per heavy atom. The van der Waals surface area contributed by atoms with Gasteiger partial charge in [-0.05, 0) is 43.5 Å². The van der Waals surface area contributed by atoms with Crippen LogP contribution in [0.1, 0.15) is 25.3 Å². The van der Waals surface area contributed by atoms with E-state index in [1.807, 2.05) is 24.3 Å². The fourth-order valence-electron chi connectivity index (χ4n) is 2.78. The van der Waals surface area contributed by atoms with E-state index in [1.54, 1.807) is 7.05 Å². The molecule has 122 valence electrons. The summed E-state index contributed by atoms with van der Waals surface area (Å²) in [7, 11) is 1.80. The standard InChI is InChI=1S/C17H27ClN4/c1-14(13-22-9-5-6-10-22)11-20-17(19-2)21-12-15-7-3-4-8-16(15)18/h3-4,7-8,14H,5-6,9-13H2,1-2H3,(H2,19,20,21). The SMILES string of the molecule is CN=C(NCc1ccccc1Cl)NCC(C)CN1CCCC1. The number of guanidine groups is 1. The van der Waals surface area contributed by atoms with Crippen molar-refractivity contribution >= 4 is 17.6 Å². The predicted octanol–water partition coefficient (Wildman–Crippen LogP) is 2.74. The lowest BCUT2D eigenvalue weighted by Crippen LogP contribution is -2.41. The molecule has 5 heteroatoms. The lowest BCUT2D eigenvalue weighted by atomic mass is 10.1. The van der Waals surface area contributed by atoms with E-state index >= 15 is 0 Å². The van der Waals surface area contributed by atoms with E-state index in [0.717, 1.165) is 29.6 Å². The predicted molar refractivity (Wildman–Crippen MR) is 94.5 cm³/mol. The van der Waals surface area contributed by atoms with Crippen LogP contribution in [0.4, 0.5) is 0 Å². The highest BCUT2D eigenvalue weighted by atomic mass is 35.5. The quantitative estimate of drug-likeness (QED) is 0.625. The first-order valence-electron chi connectivity index (χ1n) is 8.09. The van der Waals surface area contributed by atoms with Crippen molar-refractivity contribution in [3.05, 3.63) is 34.9 Å². The molecular weight excluding hydrogens is 296 g/mol. The third-order valence-corrected chi connectivity index (χ3v) is 4.38. The summed E-state index contributed by atoms with van der Waals surface area (Å²) in [5, 5.41) is 7.50. The van der Waals surface area contributed by atoms with Crippen molar-refractivity contribution in [3.63, 3.8) is 0 Å². The van der Waals surface area contributed by atoms with Gasteiger partial charge in [-0.1, -0.05) is 36.7 Å². The van der Waals surface area contributed by atoms with E-state index in [1.165, 1.54) is 25.9 Å². The normalized spacial score (nSPS) is 17.5. The van der Waals surface area contributed by atoms with Crippen LogP contribution in [0.5, 0.6) is 0 Å². The molecule has 1 aliphatic rings. The average Bonchev–Trinajstić information content (AvgIpc) is 3.02. The third-order valence-electron chi connectivity index (χ3n) is 4.01. The van der Waals surface area contributed by atoms with Gasteiger partial charge in [-0.25, -0.2) is 0 Å². The van der Waals surface area contributed by atoms with E-state index in [9.17, 15) is 0 Å². The van der Waals surface area contributed by atoms with Crippen molar-refractivity contribution in [3.8, 4) is 0 Å². The maximum Gasteiger partial charge on any atom is 0.191 e. The van der Waals surface area contributed by atoms with Gasteiger partial charge in [0.15, 0.2) is 5.96 Å². The summed E-state index contributed by atoms with van der Waals surface area (Å²) >= 11 is 6.17. The highest BCUT2D eigenvalue weighted by Gasteiger charge is 2.14.